The number of rotatable bonds is 6. The summed E-state index contributed by atoms with van der Waals surface area (Å²) in [6, 6.07) is 2.43. The van der Waals surface area contributed by atoms with Gasteiger partial charge in [0.1, 0.15) is 12.1 Å². The molecule has 1 N–H and O–H groups in total. The predicted molar refractivity (Wildman–Crippen MR) is 89.8 cm³/mol. The number of ether oxygens (including phenoxy) is 2. The summed E-state index contributed by atoms with van der Waals surface area (Å²) in [5.74, 6) is 1.55. The van der Waals surface area contributed by atoms with Gasteiger partial charge in [-0.05, 0) is 26.2 Å². The summed E-state index contributed by atoms with van der Waals surface area (Å²) in [6.45, 7) is 3.34. The fraction of sp³-hybridized carbons (Fsp3) is 0.706. The van der Waals surface area contributed by atoms with E-state index in [4.69, 9.17) is 9.47 Å². The topological polar surface area (TPSA) is 73.6 Å². The first kappa shape index (κ1) is 15.8. The smallest absolute Gasteiger partial charge is 0.254 e. The number of aromatic nitrogens is 4. The molecule has 0 radical (unpaired) electrons. The number of hydrogen-bond donors (Lipinski definition) is 1. The summed E-state index contributed by atoms with van der Waals surface area (Å²) in [5.41, 5.74) is 1.13. The number of nitrogens with zero attached hydrogens (tertiary/aromatic N) is 4. The van der Waals surface area contributed by atoms with Gasteiger partial charge in [0, 0.05) is 31.2 Å². The van der Waals surface area contributed by atoms with Crippen molar-refractivity contribution in [1.29, 1.82) is 0 Å². The Balaban J connectivity index is 1.61. The maximum absolute atomic E-state index is 6.01. The van der Waals surface area contributed by atoms with E-state index in [0.29, 0.717) is 24.5 Å². The molecule has 0 saturated heterocycles. The molecular weight excluding hydrogens is 306 g/mol. The maximum atomic E-state index is 6.01. The van der Waals surface area contributed by atoms with Crippen LogP contribution in [0.1, 0.15) is 44.7 Å². The van der Waals surface area contributed by atoms with Crippen LogP contribution in [0.5, 0.6) is 0 Å². The highest BCUT2D eigenvalue weighted by molar-refractivity contribution is 5.47. The van der Waals surface area contributed by atoms with Crippen LogP contribution in [-0.2, 0) is 16.1 Å². The molecule has 2 aromatic heterocycles. The first-order valence-electron chi connectivity index (χ1n) is 8.83. The second-order valence-electron chi connectivity index (χ2n) is 6.85. The molecule has 2 aliphatic carbocycles. The lowest BCUT2D eigenvalue weighted by molar-refractivity contribution is -0.114. The zero-order valence-electron chi connectivity index (χ0n) is 14.4. The summed E-state index contributed by atoms with van der Waals surface area (Å²) >= 11 is 0. The molecule has 24 heavy (non-hydrogen) atoms. The third kappa shape index (κ3) is 2.46. The molecule has 2 atom stereocenters. The summed E-state index contributed by atoms with van der Waals surface area (Å²) in [4.78, 5) is 8.70. The van der Waals surface area contributed by atoms with Crippen LogP contribution in [0, 0.1) is 5.41 Å². The van der Waals surface area contributed by atoms with E-state index < -0.39 is 0 Å². The molecule has 4 rings (SSSR count). The van der Waals surface area contributed by atoms with Crippen LogP contribution in [0.15, 0.2) is 12.4 Å². The molecule has 0 amide bonds. The molecular formula is C17H25N5O2. The molecule has 2 aliphatic rings. The Labute approximate surface area is 141 Å². The number of hydrogen-bond acceptors (Lipinski definition) is 6. The molecule has 2 aromatic rings. The first-order valence-corrected chi connectivity index (χ1v) is 8.83. The minimum atomic E-state index is 0.271. The van der Waals surface area contributed by atoms with Crippen molar-refractivity contribution in [2.24, 2.45) is 5.41 Å². The molecule has 0 aliphatic heterocycles. The molecule has 7 heteroatoms. The van der Waals surface area contributed by atoms with E-state index in [1.54, 1.807) is 18.0 Å². The monoisotopic (exact) mass is 331 g/mol. The lowest BCUT2D eigenvalue weighted by atomic mass is 9.60. The fourth-order valence-electron chi connectivity index (χ4n) is 4.45. The van der Waals surface area contributed by atoms with Gasteiger partial charge >= 0.3 is 0 Å². The van der Waals surface area contributed by atoms with Gasteiger partial charge in [-0.1, -0.05) is 12.8 Å². The molecule has 2 heterocycles. The number of fused-ring (bicyclic) bond motifs is 1. The van der Waals surface area contributed by atoms with Crippen LogP contribution >= 0.6 is 0 Å². The van der Waals surface area contributed by atoms with Gasteiger partial charge in [-0.15, -0.1) is 0 Å². The minimum Gasteiger partial charge on any atom is -0.378 e. The standard InChI is InChI=1S/C17H25N5O2/c1-3-24-14-9-13(17(14)6-4-5-7-17)21-15-8-12(10-23-2)20-16-18-11-19-22(15)16/h8,11,13-14,21H,3-7,9-10H2,1-2H3/t13-,14-/m0/s1. The van der Waals surface area contributed by atoms with Crippen LogP contribution in [0.4, 0.5) is 5.82 Å². The van der Waals surface area contributed by atoms with Gasteiger partial charge in [0.2, 0.25) is 0 Å². The molecule has 0 bridgehead atoms. The van der Waals surface area contributed by atoms with E-state index in [1.807, 2.05) is 6.07 Å². The van der Waals surface area contributed by atoms with Gasteiger partial charge in [-0.25, -0.2) is 4.98 Å². The van der Waals surface area contributed by atoms with Gasteiger partial charge in [0.05, 0.1) is 18.4 Å². The Kier molecular flexibility index (Phi) is 4.14. The third-order valence-corrected chi connectivity index (χ3v) is 5.61. The average Bonchev–Trinajstić information content (AvgIpc) is 3.24. The van der Waals surface area contributed by atoms with E-state index in [0.717, 1.165) is 24.5 Å². The molecule has 2 saturated carbocycles. The summed E-state index contributed by atoms with van der Waals surface area (Å²) < 4.78 is 13.0. The summed E-state index contributed by atoms with van der Waals surface area (Å²) in [7, 11) is 1.68. The van der Waals surface area contributed by atoms with Crippen LogP contribution in [-0.4, -0.2) is 45.4 Å². The van der Waals surface area contributed by atoms with Crippen molar-refractivity contribution in [2.75, 3.05) is 19.0 Å². The van der Waals surface area contributed by atoms with Crippen molar-refractivity contribution < 1.29 is 9.47 Å². The average molecular weight is 331 g/mol. The van der Waals surface area contributed by atoms with Crippen LogP contribution in [0.3, 0.4) is 0 Å². The Morgan fingerprint density at radius 3 is 2.96 bits per heavy atom. The predicted octanol–water partition coefficient (Wildman–Crippen LogP) is 2.42. The van der Waals surface area contributed by atoms with Crippen molar-refractivity contribution in [3.63, 3.8) is 0 Å². The molecule has 2 fully saturated rings. The second-order valence-corrected chi connectivity index (χ2v) is 6.85. The molecule has 0 unspecified atom stereocenters. The largest absolute Gasteiger partial charge is 0.378 e. The van der Waals surface area contributed by atoms with Gasteiger partial charge < -0.3 is 14.8 Å². The van der Waals surface area contributed by atoms with Gasteiger partial charge in [-0.3, -0.25) is 0 Å². The van der Waals surface area contributed by atoms with Crippen molar-refractivity contribution >= 4 is 11.6 Å². The highest BCUT2D eigenvalue weighted by Crippen LogP contribution is 2.55. The lowest BCUT2D eigenvalue weighted by Gasteiger charge is -2.54. The maximum Gasteiger partial charge on any atom is 0.254 e. The van der Waals surface area contributed by atoms with Crippen LogP contribution < -0.4 is 5.32 Å². The van der Waals surface area contributed by atoms with Crippen molar-refractivity contribution in [3.05, 3.63) is 18.1 Å². The normalized spacial score (nSPS) is 25.2. The zero-order valence-corrected chi connectivity index (χ0v) is 14.4. The summed E-state index contributed by atoms with van der Waals surface area (Å²) in [5, 5.41) is 8.02. The van der Waals surface area contributed by atoms with E-state index in [1.165, 1.54) is 25.7 Å². The first-order chi connectivity index (χ1) is 11.8. The number of anilines is 1. The number of nitrogens with one attached hydrogen (secondary N) is 1. The van der Waals surface area contributed by atoms with E-state index in [9.17, 15) is 0 Å². The molecule has 1 spiro atoms. The van der Waals surface area contributed by atoms with Crippen molar-refractivity contribution in [3.8, 4) is 0 Å². The molecule has 130 valence electrons. The van der Waals surface area contributed by atoms with Crippen molar-refractivity contribution in [2.45, 2.75) is 57.8 Å². The Bertz CT molecular complexity index is 710. The van der Waals surface area contributed by atoms with E-state index >= 15 is 0 Å². The molecule has 7 nitrogen and oxygen atoms in total. The van der Waals surface area contributed by atoms with Gasteiger partial charge in [-0.2, -0.15) is 14.6 Å². The summed E-state index contributed by atoms with van der Waals surface area (Å²) in [6.07, 6.45) is 8.05. The lowest BCUT2D eigenvalue weighted by Crippen LogP contribution is -2.60. The molecule has 0 aromatic carbocycles. The highest BCUT2D eigenvalue weighted by Gasteiger charge is 2.56. The van der Waals surface area contributed by atoms with Gasteiger partial charge in [0.15, 0.2) is 0 Å². The van der Waals surface area contributed by atoms with Crippen LogP contribution in [0.2, 0.25) is 0 Å². The zero-order chi connectivity index (χ0) is 16.6. The van der Waals surface area contributed by atoms with Gasteiger partial charge in [0.25, 0.3) is 5.78 Å². The fourth-order valence-corrected chi connectivity index (χ4v) is 4.45. The number of methoxy groups -OCH3 is 1. The Hall–Kier alpha value is -1.73. The third-order valence-electron chi connectivity index (χ3n) is 5.61. The Morgan fingerprint density at radius 2 is 2.21 bits per heavy atom. The SMILES string of the molecule is CCO[C@H]1C[C@H](Nc2cc(COC)nc3ncnn23)C12CCCC2. The van der Waals surface area contributed by atoms with Crippen LogP contribution in [0.25, 0.3) is 5.78 Å². The quantitative estimate of drug-likeness (QED) is 0.876. The Morgan fingerprint density at radius 1 is 1.38 bits per heavy atom. The van der Waals surface area contributed by atoms with E-state index in [-0.39, 0.29) is 5.41 Å². The van der Waals surface area contributed by atoms with Crippen molar-refractivity contribution in [1.82, 2.24) is 19.6 Å². The van der Waals surface area contributed by atoms with E-state index in [2.05, 4.69) is 27.3 Å². The minimum absolute atomic E-state index is 0.271. The second kappa shape index (κ2) is 6.29. The highest BCUT2D eigenvalue weighted by atomic mass is 16.5.